The van der Waals surface area contributed by atoms with Crippen LogP contribution in [0.25, 0.3) is 11.2 Å². The molecule has 5 atom stereocenters. The maximum absolute atomic E-state index is 10.6. The Labute approximate surface area is 131 Å². The Morgan fingerprint density at radius 2 is 2.22 bits per heavy atom. The van der Waals surface area contributed by atoms with Crippen LogP contribution in [-0.2, 0) is 9.26 Å². The number of aliphatic hydroxyl groups excluding tert-OH is 1. The highest BCUT2D eigenvalue weighted by Gasteiger charge is 2.53. The molecule has 0 amide bonds. The minimum Gasteiger partial charge on any atom is -0.387 e. The average molecular weight is 344 g/mol. The fraction of sp³-hybridized carbons (Fsp3) is 0.545. The lowest BCUT2D eigenvalue weighted by Crippen LogP contribution is -2.44. The number of hydrogen-bond acceptors (Lipinski definition) is 10. The summed E-state index contributed by atoms with van der Waals surface area (Å²) >= 11 is 0. The largest absolute Gasteiger partial charge is 0.387 e. The Balaban J connectivity index is 1.93. The van der Waals surface area contributed by atoms with Crippen LogP contribution in [0.15, 0.2) is 12.7 Å². The van der Waals surface area contributed by atoms with Crippen LogP contribution < -0.4 is 11.2 Å². The topological polar surface area (TPSA) is 175 Å². The molecule has 2 aromatic rings. The summed E-state index contributed by atoms with van der Waals surface area (Å²) in [5.41, 5.74) is 9.97. The highest BCUT2D eigenvalue weighted by Crippen LogP contribution is 2.40. The number of rotatable bonds is 4. The van der Waals surface area contributed by atoms with Gasteiger partial charge in [0.15, 0.2) is 17.7 Å². The first-order chi connectivity index (χ1) is 10.8. The predicted octanol–water partition coefficient (Wildman–Crippen LogP) is -1.39. The van der Waals surface area contributed by atoms with Gasteiger partial charge in [0.25, 0.3) is 0 Å². The van der Waals surface area contributed by atoms with Crippen molar-refractivity contribution >= 4 is 25.5 Å². The second kappa shape index (κ2) is 5.87. The maximum Gasteiger partial charge on any atom is 0.250 e. The Morgan fingerprint density at radius 3 is 2.91 bits per heavy atom. The number of nitrogens with zero attached hydrogens (tertiary/aromatic N) is 4. The number of fused-ring (bicyclic) bond motifs is 1. The summed E-state index contributed by atoms with van der Waals surface area (Å²) in [5, 5.41) is 20.9. The number of imidazole rings is 1. The lowest BCUT2D eigenvalue weighted by Gasteiger charge is -2.27. The monoisotopic (exact) mass is 344 g/mol. The smallest absolute Gasteiger partial charge is 0.250 e. The predicted molar refractivity (Wildman–Crippen MR) is 79.6 cm³/mol. The van der Waals surface area contributed by atoms with Gasteiger partial charge in [-0.05, 0) is 6.92 Å². The number of ether oxygens (including phenoxy) is 1. The van der Waals surface area contributed by atoms with E-state index >= 15 is 0 Å². The van der Waals surface area contributed by atoms with Crippen molar-refractivity contribution in [3.05, 3.63) is 12.7 Å². The van der Waals surface area contributed by atoms with Gasteiger partial charge < -0.3 is 30.1 Å². The molecule has 1 aliphatic heterocycles. The van der Waals surface area contributed by atoms with Crippen molar-refractivity contribution in [1.82, 2.24) is 19.5 Å². The zero-order chi connectivity index (χ0) is 16.8. The molecule has 11 nitrogen and oxygen atoms in total. The quantitative estimate of drug-likeness (QED) is 0.415. The van der Waals surface area contributed by atoms with Gasteiger partial charge in [-0.3, -0.25) is 10.1 Å². The zero-order valence-corrected chi connectivity index (χ0v) is 13.0. The van der Waals surface area contributed by atoms with E-state index in [4.69, 9.17) is 25.4 Å². The van der Waals surface area contributed by atoms with Gasteiger partial charge in [-0.1, -0.05) is 0 Å². The second-order valence-corrected chi connectivity index (χ2v) is 6.24. The SMILES string of the molecule is C[C@@]1(O)[C@H](O)[C@@H](COP(N)O)O[C@H]1n1cnc2c(N)ncnc21. The maximum atomic E-state index is 10.6. The molecule has 23 heavy (non-hydrogen) atoms. The van der Waals surface area contributed by atoms with Crippen molar-refractivity contribution in [2.75, 3.05) is 12.3 Å². The molecule has 0 aliphatic carbocycles. The van der Waals surface area contributed by atoms with Gasteiger partial charge >= 0.3 is 0 Å². The first-order valence-corrected chi connectivity index (χ1v) is 7.96. The van der Waals surface area contributed by atoms with Crippen LogP contribution in [0.2, 0.25) is 0 Å². The third-order valence-corrected chi connectivity index (χ3v) is 4.18. The van der Waals surface area contributed by atoms with E-state index < -0.39 is 32.6 Å². The Kier molecular flexibility index (Phi) is 4.19. The lowest BCUT2D eigenvalue weighted by atomic mass is 9.96. The molecule has 3 rings (SSSR count). The van der Waals surface area contributed by atoms with Crippen molar-refractivity contribution in [1.29, 1.82) is 0 Å². The zero-order valence-electron chi connectivity index (χ0n) is 12.1. The molecule has 0 bridgehead atoms. The molecule has 126 valence electrons. The second-order valence-electron chi connectivity index (χ2n) is 5.38. The van der Waals surface area contributed by atoms with Gasteiger partial charge in [0.2, 0.25) is 8.53 Å². The van der Waals surface area contributed by atoms with E-state index in [2.05, 4.69) is 15.0 Å². The number of hydrogen-bond donors (Lipinski definition) is 5. The molecule has 12 heteroatoms. The van der Waals surface area contributed by atoms with Crippen LogP contribution in [0.4, 0.5) is 5.82 Å². The molecule has 3 heterocycles. The summed E-state index contributed by atoms with van der Waals surface area (Å²) in [4.78, 5) is 21.1. The Bertz CT molecular complexity index is 709. The number of aliphatic hydroxyl groups is 2. The molecular formula is C11H17N6O5P. The van der Waals surface area contributed by atoms with Gasteiger partial charge in [0, 0.05) is 0 Å². The van der Waals surface area contributed by atoms with Gasteiger partial charge in [0.1, 0.15) is 29.7 Å². The Hall–Kier alpha value is -1.46. The van der Waals surface area contributed by atoms with Crippen molar-refractivity contribution in [3.8, 4) is 0 Å². The third-order valence-electron chi connectivity index (χ3n) is 3.77. The number of nitrogen functional groups attached to an aromatic ring is 1. The molecular weight excluding hydrogens is 327 g/mol. The molecule has 1 aliphatic rings. The fourth-order valence-electron chi connectivity index (χ4n) is 2.57. The van der Waals surface area contributed by atoms with Crippen LogP contribution in [0.3, 0.4) is 0 Å². The Morgan fingerprint density at radius 1 is 1.48 bits per heavy atom. The molecule has 1 unspecified atom stereocenters. The summed E-state index contributed by atoms with van der Waals surface area (Å²) in [7, 11) is -2.09. The molecule has 1 fully saturated rings. The summed E-state index contributed by atoms with van der Waals surface area (Å²) in [6, 6.07) is 0. The number of nitrogens with two attached hydrogens (primary N) is 2. The highest BCUT2D eigenvalue weighted by atomic mass is 31.2. The highest BCUT2D eigenvalue weighted by molar-refractivity contribution is 7.43. The number of anilines is 1. The van der Waals surface area contributed by atoms with Crippen molar-refractivity contribution in [3.63, 3.8) is 0 Å². The molecule has 7 N–H and O–H groups in total. The van der Waals surface area contributed by atoms with E-state index in [0.717, 1.165) is 0 Å². The molecule has 0 radical (unpaired) electrons. The van der Waals surface area contributed by atoms with Gasteiger partial charge in [-0.25, -0.2) is 15.0 Å². The molecule has 0 aromatic carbocycles. The third kappa shape index (κ3) is 2.76. The van der Waals surface area contributed by atoms with E-state index in [1.165, 1.54) is 24.1 Å². The fourth-order valence-corrected chi connectivity index (χ4v) is 2.87. The van der Waals surface area contributed by atoms with Crippen LogP contribution in [0.5, 0.6) is 0 Å². The minimum atomic E-state index is -2.09. The normalized spacial score (nSPS) is 32.5. The molecule has 0 spiro atoms. The van der Waals surface area contributed by atoms with Gasteiger partial charge in [-0.15, -0.1) is 0 Å². The van der Waals surface area contributed by atoms with Crippen molar-refractivity contribution in [2.45, 2.75) is 31.0 Å². The van der Waals surface area contributed by atoms with Gasteiger partial charge in [-0.2, -0.15) is 0 Å². The van der Waals surface area contributed by atoms with E-state index in [9.17, 15) is 10.2 Å². The number of aromatic nitrogens is 4. The van der Waals surface area contributed by atoms with Gasteiger partial charge in [0.05, 0.1) is 12.9 Å². The summed E-state index contributed by atoms with van der Waals surface area (Å²) in [5.74, 6) is 0.195. The van der Waals surface area contributed by atoms with E-state index in [1.54, 1.807) is 0 Å². The molecule has 2 aromatic heterocycles. The lowest BCUT2D eigenvalue weighted by molar-refractivity contribution is -0.0947. The van der Waals surface area contributed by atoms with E-state index in [0.29, 0.717) is 11.2 Å². The van der Waals surface area contributed by atoms with E-state index in [-0.39, 0.29) is 12.4 Å². The summed E-state index contributed by atoms with van der Waals surface area (Å²) in [6.45, 7) is 1.25. The summed E-state index contributed by atoms with van der Waals surface area (Å²) in [6.07, 6.45) is -0.462. The van der Waals surface area contributed by atoms with Crippen molar-refractivity contribution in [2.24, 2.45) is 5.50 Å². The summed E-state index contributed by atoms with van der Waals surface area (Å²) < 4.78 is 12.0. The van der Waals surface area contributed by atoms with Crippen LogP contribution in [0, 0.1) is 0 Å². The van der Waals surface area contributed by atoms with E-state index in [1.807, 2.05) is 0 Å². The standard InChI is InChI=1S/C11H17N6O5P/c1-11(19)7(18)5(2-21-23(13)20)22-10(11)17-4-16-6-8(12)14-3-15-9(6)17/h3-5,7,10,18-20H,2,13H2,1H3,(H2,12,14,15)/t5-,7-,10-,11-,23?/m1/s1. The van der Waals surface area contributed by atoms with Crippen LogP contribution in [-0.4, -0.2) is 59.0 Å². The minimum absolute atomic E-state index is 0.170. The van der Waals surface area contributed by atoms with Crippen LogP contribution >= 0.6 is 8.53 Å². The molecule has 0 saturated carbocycles. The average Bonchev–Trinajstić information content (AvgIpc) is 2.99. The van der Waals surface area contributed by atoms with Crippen LogP contribution in [0.1, 0.15) is 13.2 Å². The molecule has 1 saturated heterocycles. The first-order valence-electron chi connectivity index (χ1n) is 6.68. The van der Waals surface area contributed by atoms with Crippen molar-refractivity contribution < 1.29 is 24.4 Å². The first kappa shape index (κ1) is 16.4.